The van der Waals surface area contributed by atoms with Crippen LogP contribution < -0.4 is 5.32 Å². The van der Waals surface area contributed by atoms with E-state index >= 15 is 0 Å². The Labute approximate surface area is 165 Å². The molecule has 5 rings (SSSR count). The molecule has 1 aromatic heterocycles. The Morgan fingerprint density at radius 3 is 2.86 bits per heavy atom. The highest BCUT2D eigenvalue weighted by molar-refractivity contribution is 6.01. The van der Waals surface area contributed by atoms with Gasteiger partial charge in [0.25, 0.3) is 0 Å². The van der Waals surface area contributed by atoms with Crippen molar-refractivity contribution >= 4 is 22.5 Å². The van der Waals surface area contributed by atoms with Gasteiger partial charge in [0, 0.05) is 43.3 Å². The Bertz CT molecular complexity index is 986. The largest absolute Gasteiger partial charge is 0.334 e. The summed E-state index contributed by atoms with van der Waals surface area (Å²) in [5.41, 5.74) is 0.875. The predicted molar refractivity (Wildman–Crippen MR) is 111 cm³/mol. The van der Waals surface area contributed by atoms with Crippen LogP contribution in [0.3, 0.4) is 0 Å². The number of fused-ring (bicyclic) bond motifs is 1. The van der Waals surface area contributed by atoms with E-state index in [1.807, 2.05) is 35.4 Å². The molecule has 2 aromatic carbocycles. The van der Waals surface area contributed by atoms with E-state index in [-0.39, 0.29) is 6.03 Å². The number of hydrogen-bond acceptors (Lipinski definition) is 2. The Hall–Kier alpha value is -2.82. The van der Waals surface area contributed by atoms with E-state index in [0.29, 0.717) is 5.92 Å². The topological polar surface area (TPSA) is 50.2 Å². The summed E-state index contributed by atoms with van der Waals surface area (Å²) in [5, 5.41) is 5.35. The second-order valence-corrected chi connectivity index (χ2v) is 8.12. The molecule has 1 saturated carbocycles. The normalized spacial score (nSPS) is 19.7. The first-order valence-electron chi connectivity index (χ1n) is 10.3. The number of piperidine rings is 1. The average Bonchev–Trinajstić information content (AvgIpc) is 3.43. The lowest BCUT2D eigenvalue weighted by Crippen LogP contribution is -2.42. The van der Waals surface area contributed by atoms with Gasteiger partial charge in [-0.1, -0.05) is 36.4 Å². The Morgan fingerprint density at radius 1 is 1.11 bits per heavy atom. The molecule has 2 fully saturated rings. The number of benzene rings is 2. The first-order valence-corrected chi connectivity index (χ1v) is 10.3. The maximum Gasteiger partial charge on any atom is 0.321 e. The maximum absolute atomic E-state index is 13.0. The molecule has 0 unspecified atom stereocenters. The van der Waals surface area contributed by atoms with Crippen LogP contribution in [-0.2, 0) is 6.54 Å². The fourth-order valence-corrected chi connectivity index (χ4v) is 4.31. The summed E-state index contributed by atoms with van der Waals surface area (Å²) >= 11 is 0. The molecule has 0 bridgehead atoms. The first-order chi connectivity index (χ1) is 13.8. The number of nitrogens with zero attached hydrogens (tertiary/aromatic N) is 3. The number of likely N-dealkylation sites (tertiary alicyclic amines) is 1. The summed E-state index contributed by atoms with van der Waals surface area (Å²) in [6.45, 7) is 2.61. The van der Waals surface area contributed by atoms with Gasteiger partial charge >= 0.3 is 6.03 Å². The molecule has 2 heterocycles. The average molecular weight is 374 g/mol. The lowest BCUT2D eigenvalue weighted by molar-refractivity contribution is 0.190. The predicted octanol–water partition coefficient (Wildman–Crippen LogP) is 4.86. The van der Waals surface area contributed by atoms with Gasteiger partial charge in [-0.25, -0.2) is 9.78 Å². The fourth-order valence-electron chi connectivity index (χ4n) is 4.31. The van der Waals surface area contributed by atoms with Gasteiger partial charge < -0.3 is 14.8 Å². The molecule has 28 heavy (non-hydrogen) atoms. The fraction of sp³-hybridized carbons (Fsp3) is 0.391. The Morgan fingerprint density at radius 2 is 1.96 bits per heavy atom. The number of carbonyl (C=O) groups is 1. The van der Waals surface area contributed by atoms with Crippen LogP contribution in [0, 0.1) is 5.92 Å². The van der Waals surface area contributed by atoms with Gasteiger partial charge in [-0.15, -0.1) is 0 Å². The van der Waals surface area contributed by atoms with Crippen LogP contribution in [0.1, 0.15) is 37.4 Å². The number of carbonyl (C=O) groups excluding carboxylic acids is 1. The molecule has 1 atom stereocenters. The minimum Gasteiger partial charge on any atom is -0.334 e. The quantitative estimate of drug-likeness (QED) is 0.709. The van der Waals surface area contributed by atoms with Crippen LogP contribution in [0.15, 0.2) is 54.9 Å². The molecule has 1 aliphatic heterocycles. The molecule has 1 aliphatic carbocycles. The number of urea groups is 1. The van der Waals surface area contributed by atoms with Crippen molar-refractivity contribution in [3.05, 3.63) is 60.7 Å². The number of aromatic nitrogens is 2. The highest BCUT2D eigenvalue weighted by atomic mass is 16.2. The van der Waals surface area contributed by atoms with Gasteiger partial charge in [-0.05, 0) is 43.1 Å². The van der Waals surface area contributed by atoms with Crippen LogP contribution >= 0.6 is 0 Å². The smallest absolute Gasteiger partial charge is 0.321 e. The third-order valence-corrected chi connectivity index (χ3v) is 6.00. The molecule has 5 heteroatoms. The van der Waals surface area contributed by atoms with Gasteiger partial charge in [0.2, 0.25) is 0 Å². The van der Waals surface area contributed by atoms with Crippen LogP contribution in [0.25, 0.3) is 10.8 Å². The Kier molecular flexibility index (Phi) is 4.51. The van der Waals surface area contributed by atoms with Crippen LogP contribution in [0.4, 0.5) is 10.5 Å². The van der Waals surface area contributed by atoms with Crippen molar-refractivity contribution in [2.75, 3.05) is 18.4 Å². The minimum absolute atomic E-state index is 0.0126. The second-order valence-electron chi connectivity index (χ2n) is 8.12. The monoisotopic (exact) mass is 374 g/mol. The van der Waals surface area contributed by atoms with Crippen molar-refractivity contribution in [2.45, 2.75) is 38.1 Å². The van der Waals surface area contributed by atoms with Crippen molar-refractivity contribution in [1.82, 2.24) is 14.5 Å². The molecule has 3 aromatic rings. The molecule has 1 saturated heterocycles. The van der Waals surface area contributed by atoms with Crippen LogP contribution in [0.5, 0.6) is 0 Å². The number of anilines is 1. The zero-order valence-electron chi connectivity index (χ0n) is 16.1. The van der Waals surface area contributed by atoms with E-state index in [9.17, 15) is 4.79 Å². The van der Waals surface area contributed by atoms with Gasteiger partial charge in [-0.2, -0.15) is 0 Å². The molecule has 5 nitrogen and oxygen atoms in total. The number of nitrogens with one attached hydrogen (secondary N) is 1. The summed E-state index contributed by atoms with van der Waals surface area (Å²) in [6, 6.07) is 14.2. The van der Waals surface area contributed by atoms with Gasteiger partial charge in [0.1, 0.15) is 5.82 Å². The number of rotatable bonds is 4. The third-order valence-electron chi connectivity index (χ3n) is 6.00. The molecular formula is C23H26N4O. The van der Waals surface area contributed by atoms with E-state index in [1.54, 1.807) is 0 Å². The summed E-state index contributed by atoms with van der Waals surface area (Å²) in [7, 11) is 0. The lowest BCUT2D eigenvalue weighted by atomic mass is 9.97. The molecule has 0 spiro atoms. The molecule has 144 valence electrons. The lowest BCUT2D eigenvalue weighted by Gasteiger charge is -2.32. The van der Waals surface area contributed by atoms with Crippen molar-refractivity contribution in [3.63, 3.8) is 0 Å². The number of hydrogen-bond donors (Lipinski definition) is 1. The van der Waals surface area contributed by atoms with Gasteiger partial charge in [0.05, 0.1) is 5.69 Å². The molecule has 2 amide bonds. The van der Waals surface area contributed by atoms with E-state index in [0.717, 1.165) is 60.7 Å². The van der Waals surface area contributed by atoms with Crippen LogP contribution in [-0.4, -0.2) is 33.6 Å². The van der Waals surface area contributed by atoms with Crippen molar-refractivity contribution in [2.24, 2.45) is 5.92 Å². The van der Waals surface area contributed by atoms with E-state index in [1.165, 1.54) is 12.8 Å². The third kappa shape index (κ3) is 3.49. The zero-order valence-corrected chi connectivity index (χ0v) is 16.1. The second kappa shape index (κ2) is 7.30. The zero-order chi connectivity index (χ0) is 18.9. The molecular weight excluding hydrogens is 348 g/mol. The van der Waals surface area contributed by atoms with Crippen LogP contribution in [0.2, 0.25) is 0 Å². The summed E-state index contributed by atoms with van der Waals surface area (Å²) in [4.78, 5) is 19.6. The van der Waals surface area contributed by atoms with Crippen molar-refractivity contribution < 1.29 is 4.79 Å². The van der Waals surface area contributed by atoms with E-state index in [2.05, 4.69) is 39.3 Å². The van der Waals surface area contributed by atoms with E-state index < -0.39 is 0 Å². The summed E-state index contributed by atoms with van der Waals surface area (Å²) in [6.07, 6.45) is 8.79. The SMILES string of the molecule is O=C(Nc1cccc2ccccc12)N1CCC[C@H](c2nccn2CC2CC2)C1. The highest BCUT2D eigenvalue weighted by Gasteiger charge is 2.29. The Balaban J connectivity index is 1.31. The highest BCUT2D eigenvalue weighted by Crippen LogP contribution is 2.33. The number of imidazole rings is 1. The van der Waals surface area contributed by atoms with Crippen molar-refractivity contribution in [3.8, 4) is 0 Å². The number of amides is 2. The molecule has 1 N–H and O–H groups in total. The molecule has 0 radical (unpaired) electrons. The van der Waals surface area contributed by atoms with E-state index in [4.69, 9.17) is 0 Å². The minimum atomic E-state index is -0.0126. The summed E-state index contributed by atoms with van der Waals surface area (Å²) < 4.78 is 2.31. The molecule has 2 aliphatic rings. The summed E-state index contributed by atoms with van der Waals surface area (Å²) in [5.74, 6) is 2.29. The first kappa shape index (κ1) is 17.3. The maximum atomic E-state index is 13.0. The van der Waals surface area contributed by atoms with Gasteiger partial charge in [-0.3, -0.25) is 0 Å². The van der Waals surface area contributed by atoms with Gasteiger partial charge in [0.15, 0.2) is 0 Å². The van der Waals surface area contributed by atoms with Crippen molar-refractivity contribution in [1.29, 1.82) is 0 Å². The standard InChI is InChI=1S/C23H26N4O/c28-23(25-21-9-3-6-18-5-1-2-8-20(18)21)27-13-4-7-19(16-27)22-24-12-14-26(22)15-17-10-11-17/h1-3,5-6,8-9,12,14,17,19H,4,7,10-11,13,15-16H2,(H,25,28)/t19-/m0/s1.